The average molecular weight is 537 g/mol. The minimum atomic E-state index is -1.000. The van der Waals surface area contributed by atoms with E-state index in [0.29, 0.717) is 24.7 Å². The number of benzene rings is 4. The van der Waals surface area contributed by atoms with E-state index in [4.69, 9.17) is 4.74 Å². The molecule has 0 spiro atoms. The van der Waals surface area contributed by atoms with E-state index in [0.717, 1.165) is 34.1 Å². The molecular formula is C33H26F2N2O3. The molecule has 0 radical (unpaired) electrons. The van der Waals surface area contributed by atoms with Gasteiger partial charge >= 0.3 is 5.97 Å². The van der Waals surface area contributed by atoms with Crippen LogP contribution in [-0.2, 0) is 6.54 Å². The normalized spacial score (nSPS) is 11.2. The van der Waals surface area contributed by atoms with E-state index in [1.807, 2.05) is 72.2 Å². The van der Waals surface area contributed by atoms with Gasteiger partial charge in [0.25, 0.3) is 0 Å². The maximum absolute atomic E-state index is 14.5. The summed E-state index contributed by atoms with van der Waals surface area (Å²) in [6.07, 6.45) is 5.46. The van der Waals surface area contributed by atoms with Gasteiger partial charge in [-0.1, -0.05) is 54.6 Å². The highest BCUT2D eigenvalue weighted by Crippen LogP contribution is 2.26. The Hall–Kier alpha value is -5.04. The summed E-state index contributed by atoms with van der Waals surface area (Å²) in [6.45, 7) is 2.95. The fourth-order valence-electron chi connectivity index (χ4n) is 4.33. The lowest BCUT2D eigenvalue weighted by molar-refractivity contribution is 0.0697. The molecule has 5 nitrogen and oxygen atoms in total. The molecule has 0 fully saturated rings. The van der Waals surface area contributed by atoms with E-state index in [-0.39, 0.29) is 11.1 Å². The Bertz CT molecular complexity index is 1660. The number of carboxylic acids is 1. The predicted molar refractivity (Wildman–Crippen MR) is 152 cm³/mol. The van der Waals surface area contributed by atoms with E-state index in [2.05, 4.69) is 4.98 Å². The quantitative estimate of drug-likeness (QED) is 0.209. The van der Waals surface area contributed by atoms with Crippen LogP contribution >= 0.6 is 0 Å². The second kappa shape index (κ2) is 11.8. The molecule has 0 atom stereocenters. The summed E-state index contributed by atoms with van der Waals surface area (Å²) >= 11 is 0. The summed E-state index contributed by atoms with van der Waals surface area (Å²) in [5, 5.41) is 9.18. The van der Waals surface area contributed by atoms with E-state index in [1.54, 1.807) is 18.3 Å². The number of carboxylic acid groups (broad SMARTS) is 1. The van der Waals surface area contributed by atoms with Gasteiger partial charge in [-0.15, -0.1) is 0 Å². The van der Waals surface area contributed by atoms with Gasteiger partial charge in [-0.3, -0.25) is 0 Å². The van der Waals surface area contributed by atoms with Crippen LogP contribution < -0.4 is 4.74 Å². The van der Waals surface area contributed by atoms with E-state index in [1.165, 1.54) is 24.3 Å². The van der Waals surface area contributed by atoms with Crippen LogP contribution in [0.1, 0.15) is 34.2 Å². The summed E-state index contributed by atoms with van der Waals surface area (Å²) in [5.41, 5.74) is 4.69. The Balaban J connectivity index is 1.42. The van der Waals surface area contributed by atoms with Crippen LogP contribution in [0.3, 0.4) is 0 Å². The van der Waals surface area contributed by atoms with Gasteiger partial charge in [0.05, 0.1) is 17.9 Å². The summed E-state index contributed by atoms with van der Waals surface area (Å²) < 4.78 is 35.4. The molecule has 0 aliphatic rings. The van der Waals surface area contributed by atoms with Crippen molar-refractivity contribution >= 4 is 18.1 Å². The van der Waals surface area contributed by atoms with Crippen molar-refractivity contribution in [3.8, 4) is 28.1 Å². The monoisotopic (exact) mass is 536 g/mol. The number of halogens is 2. The number of hydrogen-bond acceptors (Lipinski definition) is 3. The van der Waals surface area contributed by atoms with Crippen molar-refractivity contribution in [3.63, 3.8) is 0 Å². The Morgan fingerprint density at radius 1 is 0.900 bits per heavy atom. The van der Waals surface area contributed by atoms with Crippen LogP contribution in [-0.4, -0.2) is 27.2 Å². The van der Waals surface area contributed by atoms with Gasteiger partial charge in [0.1, 0.15) is 23.2 Å². The fraction of sp³-hybridized carbons (Fsp3) is 0.0909. The molecule has 0 saturated heterocycles. The molecule has 0 unspecified atom stereocenters. The first-order valence-electron chi connectivity index (χ1n) is 12.8. The van der Waals surface area contributed by atoms with Crippen molar-refractivity contribution in [2.75, 3.05) is 6.61 Å². The molecule has 0 aliphatic carbocycles. The lowest BCUT2D eigenvalue weighted by Gasteiger charge is -2.07. The second-order valence-corrected chi connectivity index (χ2v) is 9.15. The zero-order valence-electron chi connectivity index (χ0n) is 21.7. The molecule has 4 aromatic carbocycles. The van der Waals surface area contributed by atoms with Gasteiger partial charge in [0, 0.05) is 24.4 Å². The minimum absolute atomic E-state index is 0.190. The lowest BCUT2D eigenvalue weighted by Crippen LogP contribution is -2.02. The Kier molecular flexibility index (Phi) is 7.82. The smallest absolute Gasteiger partial charge is 0.335 e. The van der Waals surface area contributed by atoms with Crippen molar-refractivity contribution in [2.24, 2.45) is 0 Å². The third-order valence-corrected chi connectivity index (χ3v) is 6.40. The Morgan fingerprint density at radius 2 is 1.57 bits per heavy atom. The number of imidazole rings is 1. The highest BCUT2D eigenvalue weighted by molar-refractivity contribution is 5.87. The molecule has 200 valence electrons. The lowest BCUT2D eigenvalue weighted by atomic mass is 10.0. The summed E-state index contributed by atoms with van der Waals surface area (Å²) in [7, 11) is 0. The molecule has 40 heavy (non-hydrogen) atoms. The number of rotatable bonds is 9. The average Bonchev–Trinajstić information content (AvgIpc) is 3.35. The van der Waals surface area contributed by atoms with Crippen molar-refractivity contribution in [3.05, 3.63) is 131 Å². The Labute approximate surface area is 230 Å². The zero-order valence-corrected chi connectivity index (χ0v) is 21.7. The number of aromatic nitrogens is 2. The highest BCUT2D eigenvalue weighted by Gasteiger charge is 2.13. The number of hydrogen-bond donors (Lipinski definition) is 1. The summed E-state index contributed by atoms with van der Waals surface area (Å²) in [4.78, 5) is 15.8. The van der Waals surface area contributed by atoms with Gasteiger partial charge in [-0.25, -0.2) is 18.6 Å². The van der Waals surface area contributed by atoms with E-state index < -0.39 is 17.6 Å². The molecule has 0 aliphatic heterocycles. The number of nitrogens with zero attached hydrogens (tertiary/aromatic N) is 2. The first kappa shape index (κ1) is 26.6. The Morgan fingerprint density at radius 3 is 2.20 bits per heavy atom. The van der Waals surface area contributed by atoms with E-state index >= 15 is 0 Å². The molecule has 7 heteroatoms. The molecular weight excluding hydrogens is 510 g/mol. The van der Waals surface area contributed by atoms with Crippen molar-refractivity contribution in [1.82, 2.24) is 9.55 Å². The molecule has 1 N–H and O–H groups in total. The maximum Gasteiger partial charge on any atom is 0.335 e. The van der Waals surface area contributed by atoms with Gasteiger partial charge < -0.3 is 14.4 Å². The topological polar surface area (TPSA) is 64.4 Å². The van der Waals surface area contributed by atoms with Crippen LogP contribution in [0.25, 0.3) is 34.5 Å². The molecule has 1 heterocycles. The molecule has 0 saturated carbocycles. The number of carbonyl (C=O) groups is 1. The van der Waals surface area contributed by atoms with Gasteiger partial charge in [0.15, 0.2) is 0 Å². The predicted octanol–water partition coefficient (Wildman–Crippen LogP) is 7.81. The van der Waals surface area contributed by atoms with Crippen LogP contribution in [0.2, 0.25) is 0 Å². The molecule has 0 amide bonds. The molecule has 5 aromatic rings. The minimum Gasteiger partial charge on any atom is -0.494 e. The largest absolute Gasteiger partial charge is 0.494 e. The van der Waals surface area contributed by atoms with Crippen molar-refractivity contribution < 1.29 is 23.4 Å². The fourth-order valence-corrected chi connectivity index (χ4v) is 4.33. The van der Waals surface area contributed by atoms with Crippen molar-refractivity contribution in [1.29, 1.82) is 0 Å². The van der Waals surface area contributed by atoms with E-state index in [9.17, 15) is 18.7 Å². The SMILES string of the molecule is CCOc1ccc(-c2ccc(C=Cc3nc(-c4ccc(F)cc4F)cn3Cc3ccc(C(=O)O)cc3)cc2)cc1. The van der Waals surface area contributed by atoms with Crippen LogP contribution in [0, 0.1) is 11.6 Å². The second-order valence-electron chi connectivity index (χ2n) is 9.15. The van der Waals surface area contributed by atoms with Crippen LogP contribution in [0.4, 0.5) is 8.78 Å². The summed E-state index contributed by atoms with van der Waals surface area (Å²) in [5.74, 6) is -0.958. The highest BCUT2D eigenvalue weighted by atomic mass is 19.1. The van der Waals surface area contributed by atoms with Crippen molar-refractivity contribution in [2.45, 2.75) is 13.5 Å². The van der Waals surface area contributed by atoms with Crippen LogP contribution in [0.15, 0.2) is 97.2 Å². The number of aromatic carboxylic acids is 1. The summed E-state index contributed by atoms with van der Waals surface area (Å²) in [6, 6.07) is 25.9. The first-order chi connectivity index (χ1) is 19.4. The van der Waals surface area contributed by atoms with Gasteiger partial charge in [-0.2, -0.15) is 0 Å². The van der Waals surface area contributed by atoms with Gasteiger partial charge in [0.2, 0.25) is 0 Å². The zero-order chi connectivity index (χ0) is 28.1. The molecule has 5 rings (SSSR count). The molecule has 0 bridgehead atoms. The maximum atomic E-state index is 14.5. The number of ether oxygens (including phenoxy) is 1. The third-order valence-electron chi connectivity index (χ3n) is 6.40. The molecule has 1 aromatic heterocycles. The van der Waals surface area contributed by atoms with Gasteiger partial charge in [-0.05, 0) is 71.7 Å². The first-order valence-corrected chi connectivity index (χ1v) is 12.8. The third kappa shape index (κ3) is 6.15. The van der Waals surface area contributed by atoms with Crippen LogP contribution in [0.5, 0.6) is 5.75 Å². The standard InChI is InChI=1S/C33H26F2N2O3/c1-2-40-28-15-12-25(13-16-28)24-8-3-22(4-9-24)7-18-32-36-31(29-17-14-27(34)19-30(29)35)21-37(32)20-23-5-10-26(11-6-23)33(38)39/h3-19,21H,2,20H2,1H3,(H,38,39).